The Balaban J connectivity index is 2.25. The van der Waals surface area contributed by atoms with Crippen LogP contribution in [-0.2, 0) is 0 Å². The minimum Gasteiger partial charge on any atom is -0.406 e. The van der Waals surface area contributed by atoms with Crippen molar-refractivity contribution in [3.8, 4) is 16.9 Å². The molecule has 0 radical (unpaired) electrons. The molecule has 0 N–H and O–H groups in total. The van der Waals surface area contributed by atoms with E-state index < -0.39 is 6.36 Å². The van der Waals surface area contributed by atoms with Crippen LogP contribution in [0.15, 0.2) is 36.5 Å². The van der Waals surface area contributed by atoms with E-state index in [1.54, 1.807) is 13.1 Å². The van der Waals surface area contributed by atoms with Crippen LogP contribution in [0, 0.1) is 6.92 Å². The monoisotopic (exact) mass is 287 g/mol. The quantitative estimate of drug-likeness (QED) is 0.753. The Labute approximate surface area is 112 Å². The highest BCUT2D eigenvalue weighted by atomic mass is 35.5. The molecule has 0 saturated heterocycles. The lowest BCUT2D eigenvalue weighted by molar-refractivity contribution is -0.274. The minimum atomic E-state index is -4.68. The summed E-state index contributed by atoms with van der Waals surface area (Å²) in [7, 11) is 0. The van der Waals surface area contributed by atoms with E-state index in [4.69, 9.17) is 11.6 Å². The van der Waals surface area contributed by atoms with Crippen molar-refractivity contribution in [3.63, 3.8) is 0 Å². The second kappa shape index (κ2) is 5.09. The first-order chi connectivity index (χ1) is 8.85. The van der Waals surface area contributed by atoms with Gasteiger partial charge in [-0.1, -0.05) is 23.7 Å². The molecule has 19 heavy (non-hydrogen) atoms. The fourth-order valence-corrected chi connectivity index (χ4v) is 1.67. The molecule has 0 aliphatic carbocycles. The van der Waals surface area contributed by atoms with E-state index in [0.717, 1.165) is 16.7 Å². The number of nitrogens with zero attached hydrogens (tertiary/aromatic N) is 1. The third-order valence-corrected chi connectivity index (χ3v) is 2.83. The average molecular weight is 288 g/mol. The zero-order valence-electron chi connectivity index (χ0n) is 9.83. The van der Waals surface area contributed by atoms with Crippen LogP contribution in [0.5, 0.6) is 5.75 Å². The fraction of sp³-hybridized carbons (Fsp3) is 0.154. The molecular weight excluding hydrogens is 279 g/mol. The minimum absolute atomic E-state index is 0.255. The van der Waals surface area contributed by atoms with Gasteiger partial charge in [-0.3, -0.25) is 0 Å². The van der Waals surface area contributed by atoms with Crippen LogP contribution in [0.2, 0.25) is 5.15 Å². The van der Waals surface area contributed by atoms with Crippen molar-refractivity contribution < 1.29 is 17.9 Å². The van der Waals surface area contributed by atoms with Crippen molar-refractivity contribution in [3.05, 3.63) is 47.2 Å². The predicted octanol–water partition coefficient (Wildman–Crippen LogP) is 4.61. The predicted molar refractivity (Wildman–Crippen MR) is 66.1 cm³/mol. The van der Waals surface area contributed by atoms with Crippen molar-refractivity contribution in [2.45, 2.75) is 13.3 Å². The summed E-state index contributed by atoms with van der Waals surface area (Å²) in [5.74, 6) is -0.255. The Morgan fingerprint density at radius 3 is 2.26 bits per heavy atom. The number of rotatable bonds is 2. The summed E-state index contributed by atoms with van der Waals surface area (Å²) >= 11 is 5.81. The first kappa shape index (κ1) is 13.7. The Morgan fingerprint density at radius 1 is 1.11 bits per heavy atom. The molecular formula is C13H9ClF3NO. The van der Waals surface area contributed by atoms with Crippen molar-refractivity contribution in [1.82, 2.24) is 4.98 Å². The van der Waals surface area contributed by atoms with Crippen LogP contribution in [0.3, 0.4) is 0 Å². The zero-order chi connectivity index (χ0) is 14.0. The summed E-state index contributed by atoms with van der Waals surface area (Å²) in [6.07, 6.45) is -3.12. The highest BCUT2D eigenvalue weighted by Gasteiger charge is 2.30. The number of ether oxygens (including phenoxy) is 1. The van der Waals surface area contributed by atoms with Crippen molar-refractivity contribution in [1.29, 1.82) is 0 Å². The third-order valence-electron chi connectivity index (χ3n) is 2.44. The van der Waals surface area contributed by atoms with Gasteiger partial charge in [0, 0.05) is 11.8 Å². The summed E-state index contributed by atoms with van der Waals surface area (Å²) in [5.41, 5.74) is 2.32. The number of aryl methyl sites for hydroxylation is 1. The first-order valence-electron chi connectivity index (χ1n) is 5.33. The Bertz CT molecular complexity index is 581. The molecule has 0 aliphatic rings. The van der Waals surface area contributed by atoms with E-state index in [-0.39, 0.29) is 5.75 Å². The van der Waals surface area contributed by atoms with Gasteiger partial charge in [-0.15, -0.1) is 13.2 Å². The Hall–Kier alpha value is -1.75. The molecule has 2 nitrogen and oxygen atoms in total. The van der Waals surface area contributed by atoms with Gasteiger partial charge in [0.05, 0.1) is 0 Å². The van der Waals surface area contributed by atoms with Crippen LogP contribution >= 0.6 is 11.6 Å². The van der Waals surface area contributed by atoms with Crippen LogP contribution in [0.1, 0.15) is 5.56 Å². The maximum atomic E-state index is 12.0. The summed E-state index contributed by atoms with van der Waals surface area (Å²) in [6, 6.07) is 7.39. The molecule has 1 heterocycles. The molecule has 2 rings (SSSR count). The maximum absolute atomic E-state index is 12.0. The van der Waals surface area contributed by atoms with E-state index in [0.29, 0.717) is 5.15 Å². The molecule has 6 heteroatoms. The summed E-state index contributed by atoms with van der Waals surface area (Å²) in [4.78, 5) is 3.99. The summed E-state index contributed by atoms with van der Waals surface area (Å²) in [6.45, 7) is 1.81. The van der Waals surface area contributed by atoms with Crippen molar-refractivity contribution >= 4 is 11.6 Å². The van der Waals surface area contributed by atoms with Crippen LogP contribution in [-0.4, -0.2) is 11.3 Å². The molecule has 0 bridgehead atoms. The van der Waals surface area contributed by atoms with Crippen LogP contribution in [0.25, 0.3) is 11.1 Å². The number of hydrogen-bond acceptors (Lipinski definition) is 2. The summed E-state index contributed by atoms with van der Waals surface area (Å²) in [5, 5.41) is 0.403. The number of benzene rings is 1. The second-order valence-electron chi connectivity index (χ2n) is 3.90. The molecule has 2 aromatic rings. The second-order valence-corrected chi connectivity index (χ2v) is 4.26. The van der Waals surface area contributed by atoms with Crippen molar-refractivity contribution in [2.24, 2.45) is 0 Å². The first-order valence-corrected chi connectivity index (χ1v) is 5.71. The third kappa shape index (κ3) is 3.61. The number of halogens is 4. The van der Waals surface area contributed by atoms with Crippen LogP contribution < -0.4 is 4.74 Å². The van der Waals surface area contributed by atoms with Gasteiger partial charge in [-0.25, -0.2) is 4.98 Å². The average Bonchev–Trinajstić information content (AvgIpc) is 2.32. The van der Waals surface area contributed by atoms with Gasteiger partial charge in [0.25, 0.3) is 0 Å². The molecule has 0 aliphatic heterocycles. The van der Waals surface area contributed by atoms with Crippen molar-refractivity contribution in [2.75, 3.05) is 0 Å². The Kier molecular flexibility index (Phi) is 3.66. The van der Waals surface area contributed by atoms with E-state index >= 15 is 0 Å². The van der Waals surface area contributed by atoms with E-state index in [9.17, 15) is 13.2 Å². The number of pyridine rings is 1. The topological polar surface area (TPSA) is 22.1 Å². The number of hydrogen-bond donors (Lipinski definition) is 0. The lowest BCUT2D eigenvalue weighted by Gasteiger charge is -2.09. The van der Waals surface area contributed by atoms with Gasteiger partial charge in [-0.2, -0.15) is 0 Å². The molecule has 0 atom stereocenters. The molecule has 0 amide bonds. The molecule has 1 aromatic heterocycles. The van der Waals surface area contributed by atoms with Gasteiger partial charge < -0.3 is 4.74 Å². The molecule has 1 aromatic carbocycles. The molecule has 100 valence electrons. The molecule has 0 spiro atoms. The smallest absolute Gasteiger partial charge is 0.406 e. The lowest BCUT2D eigenvalue weighted by atomic mass is 10.1. The number of aromatic nitrogens is 1. The lowest BCUT2D eigenvalue weighted by Crippen LogP contribution is -2.16. The maximum Gasteiger partial charge on any atom is 0.573 e. The standard InChI is InChI=1S/C13H9ClF3NO/c1-8-6-10(7-18-12(8)14)9-2-4-11(5-3-9)19-13(15,16)17/h2-7H,1H3. The molecule has 0 unspecified atom stereocenters. The SMILES string of the molecule is Cc1cc(-c2ccc(OC(F)(F)F)cc2)cnc1Cl. The molecule has 0 fully saturated rings. The van der Waals surface area contributed by atoms with Crippen LogP contribution in [0.4, 0.5) is 13.2 Å². The summed E-state index contributed by atoms with van der Waals surface area (Å²) < 4.78 is 39.8. The van der Waals surface area contributed by atoms with E-state index in [1.807, 2.05) is 6.07 Å². The fourth-order valence-electron chi connectivity index (χ4n) is 1.57. The normalized spacial score (nSPS) is 11.4. The zero-order valence-corrected chi connectivity index (χ0v) is 10.6. The van der Waals surface area contributed by atoms with Gasteiger partial charge in [0.1, 0.15) is 10.9 Å². The largest absolute Gasteiger partial charge is 0.573 e. The Morgan fingerprint density at radius 2 is 1.74 bits per heavy atom. The van der Waals surface area contributed by atoms with E-state index in [1.165, 1.54) is 24.3 Å². The highest BCUT2D eigenvalue weighted by Crippen LogP contribution is 2.27. The number of alkyl halides is 3. The van der Waals surface area contributed by atoms with Gasteiger partial charge in [-0.05, 0) is 36.2 Å². The van der Waals surface area contributed by atoms with Gasteiger partial charge >= 0.3 is 6.36 Å². The van der Waals surface area contributed by atoms with Gasteiger partial charge in [0.15, 0.2) is 0 Å². The highest BCUT2D eigenvalue weighted by molar-refractivity contribution is 6.30. The van der Waals surface area contributed by atoms with E-state index in [2.05, 4.69) is 9.72 Å². The van der Waals surface area contributed by atoms with Gasteiger partial charge in [0.2, 0.25) is 0 Å². The molecule has 0 saturated carbocycles.